The van der Waals surface area contributed by atoms with Crippen molar-refractivity contribution in [2.24, 2.45) is 0 Å². The smallest absolute Gasteiger partial charge is 0.118 e. The molecule has 0 radical (unpaired) electrons. The molecule has 1 heterocycles. The van der Waals surface area contributed by atoms with Crippen molar-refractivity contribution in [2.45, 2.75) is 24.9 Å². The third-order valence-corrected chi connectivity index (χ3v) is 4.31. The second-order valence-corrected chi connectivity index (χ2v) is 5.59. The molecule has 22 heavy (non-hydrogen) atoms. The molecule has 3 heteroatoms. The van der Waals surface area contributed by atoms with Gasteiger partial charge in [0, 0.05) is 12.5 Å². The van der Waals surface area contributed by atoms with E-state index in [1.807, 2.05) is 24.3 Å². The van der Waals surface area contributed by atoms with Crippen molar-refractivity contribution in [2.75, 3.05) is 20.8 Å². The maximum absolute atomic E-state index is 6.09. The van der Waals surface area contributed by atoms with Crippen molar-refractivity contribution >= 4 is 0 Å². The minimum absolute atomic E-state index is 0.105. The fourth-order valence-electron chi connectivity index (χ4n) is 3.10. The first kappa shape index (κ1) is 14.9. The topological polar surface area (TPSA) is 27.7 Å². The molecule has 0 N–H and O–H groups in total. The van der Waals surface area contributed by atoms with Gasteiger partial charge in [-0.2, -0.15) is 0 Å². The lowest BCUT2D eigenvalue weighted by atomic mass is 9.84. The van der Waals surface area contributed by atoms with Crippen LogP contribution in [0.15, 0.2) is 48.5 Å². The van der Waals surface area contributed by atoms with Crippen LogP contribution in [0.3, 0.4) is 0 Å². The summed E-state index contributed by atoms with van der Waals surface area (Å²) in [4.78, 5) is 0. The van der Waals surface area contributed by atoms with Crippen LogP contribution in [-0.4, -0.2) is 20.8 Å². The van der Waals surface area contributed by atoms with Crippen LogP contribution in [0.1, 0.15) is 36.0 Å². The molecule has 0 spiro atoms. The quantitative estimate of drug-likeness (QED) is 0.840. The van der Waals surface area contributed by atoms with Crippen LogP contribution in [-0.2, 0) is 4.74 Å². The van der Waals surface area contributed by atoms with Gasteiger partial charge in [-0.05, 0) is 48.2 Å². The van der Waals surface area contributed by atoms with Gasteiger partial charge in [0.25, 0.3) is 0 Å². The van der Waals surface area contributed by atoms with Gasteiger partial charge in [0.2, 0.25) is 0 Å². The molecule has 2 aromatic carbocycles. The number of ether oxygens (including phenoxy) is 3. The molecule has 2 atom stereocenters. The largest absolute Gasteiger partial charge is 0.497 e. The maximum Gasteiger partial charge on any atom is 0.118 e. The number of hydrogen-bond acceptors (Lipinski definition) is 3. The van der Waals surface area contributed by atoms with Crippen molar-refractivity contribution in [1.29, 1.82) is 0 Å². The number of benzene rings is 2. The van der Waals surface area contributed by atoms with Crippen molar-refractivity contribution in [3.05, 3.63) is 59.7 Å². The highest BCUT2D eigenvalue weighted by Gasteiger charge is 2.28. The summed E-state index contributed by atoms with van der Waals surface area (Å²) in [5.74, 6) is 2.15. The Morgan fingerprint density at radius 1 is 0.818 bits per heavy atom. The molecule has 0 aliphatic carbocycles. The summed E-state index contributed by atoms with van der Waals surface area (Å²) in [5, 5.41) is 0. The lowest BCUT2D eigenvalue weighted by Crippen LogP contribution is -2.21. The predicted molar refractivity (Wildman–Crippen MR) is 86.7 cm³/mol. The summed E-state index contributed by atoms with van der Waals surface area (Å²) in [6.07, 6.45) is 2.35. The lowest BCUT2D eigenvalue weighted by molar-refractivity contribution is -0.00227. The summed E-state index contributed by atoms with van der Waals surface area (Å²) in [7, 11) is 3.38. The van der Waals surface area contributed by atoms with Crippen LogP contribution in [0, 0.1) is 0 Å². The molecule has 1 aliphatic rings. The van der Waals surface area contributed by atoms with Gasteiger partial charge in [0.15, 0.2) is 0 Å². The molecule has 3 rings (SSSR count). The molecule has 0 saturated carbocycles. The summed E-state index contributed by atoms with van der Waals surface area (Å²) in [6, 6.07) is 16.5. The first-order chi connectivity index (χ1) is 10.8. The molecular weight excluding hydrogens is 276 g/mol. The van der Waals surface area contributed by atoms with E-state index in [2.05, 4.69) is 24.3 Å². The fourth-order valence-corrected chi connectivity index (χ4v) is 3.10. The summed E-state index contributed by atoms with van der Waals surface area (Å²) in [6.45, 7) is 0.823. The molecule has 116 valence electrons. The molecular formula is C19H22O3. The van der Waals surface area contributed by atoms with Gasteiger partial charge in [0.1, 0.15) is 11.5 Å². The first-order valence-corrected chi connectivity index (χ1v) is 7.71. The molecule has 1 aliphatic heterocycles. The van der Waals surface area contributed by atoms with Gasteiger partial charge < -0.3 is 14.2 Å². The van der Waals surface area contributed by atoms with Crippen LogP contribution in [0.4, 0.5) is 0 Å². The highest BCUT2D eigenvalue weighted by Crippen LogP contribution is 2.41. The van der Waals surface area contributed by atoms with E-state index in [0.717, 1.165) is 30.9 Å². The van der Waals surface area contributed by atoms with E-state index in [9.17, 15) is 0 Å². The molecule has 0 amide bonds. The first-order valence-electron chi connectivity index (χ1n) is 7.71. The molecule has 1 saturated heterocycles. The average Bonchev–Trinajstić information content (AvgIpc) is 2.62. The highest BCUT2D eigenvalue weighted by atomic mass is 16.5. The highest BCUT2D eigenvalue weighted by molar-refractivity contribution is 5.34. The second-order valence-electron chi connectivity index (χ2n) is 5.59. The third-order valence-electron chi connectivity index (χ3n) is 4.31. The third kappa shape index (κ3) is 3.09. The van der Waals surface area contributed by atoms with Crippen LogP contribution >= 0.6 is 0 Å². The normalized spacial score (nSPS) is 21.4. The average molecular weight is 298 g/mol. The summed E-state index contributed by atoms with van der Waals surface area (Å²) < 4.78 is 16.6. The second kappa shape index (κ2) is 6.84. The van der Waals surface area contributed by atoms with Gasteiger partial charge in [-0.15, -0.1) is 0 Å². The molecule has 0 aromatic heterocycles. The van der Waals surface area contributed by atoms with E-state index in [4.69, 9.17) is 14.2 Å². The minimum atomic E-state index is 0.105. The monoisotopic (exact) mass is 298 g/mol. The fraction of sp³-hybridized carbons (Fsp3) is 0.368. The zero-order valence-corrected chi connectivity index (χ0v) is 13.1. The summed E-state index contributed by atoms with van der Waals surface area (Å²) >= 11 is 0. The van der Waals surface area contributed by atoms with Gasteiger partial charge in [0.05, 0.1) is 20.3 Å². The number of methoxy groups -OCH3 is 2. The van der Waals surface area contributed by atoms with Gasteiger partial charge in [-0.3, -0.25) is 0 Å². The SMILES string of the molecule is COc1ccc(C2CCCOC2c2ccc(OC)cc2)cc1. The van der Waals surface area contributed by atoms with E-state index < -0.39 is 0 Å². The van der Waals surface area contributed by atoms with Gasteiger partial charge in [-0.25, -0.2) is 0 Å². The van der Waals surface area contributed by atoms with E-state index in [1.54, 1.807) is 14.2 Å². The van der Waals surface area contributed by atoms with Crippen LogP contribution in [0.25, 0.3) is 0 Å². The van der Waals surface area contributed by atoms with Crippen LogP contribution in [0.5, 0.6) is 11.5 Å². The Hall–Kier alpha value is -2.00. The Kier molecular flexibility index (Phi) is 4.64. The van der Waals surface area contributed by atoms with Crippen molar-refractivity contribution in [3.8, 4) is 11.5 Å². The van der Waals surface area contributed by atoms with Crippen molar-refractivity contribution < 1.29 is 14.2 Å². The van der Waals surface area contributed by atoms with Crippen LogP contribution < -0.4 is 9.47 Å². The molecule has 3 nitrogen and oxygen atoms in total. The number of rotatable bonds is 4. The standard InChI is InChI=1S/C19H22O3/c1-20-16-9-5-14(6-10-16)18-4-3-13-22-19(18)15-7-11-17(21-2)12-8-15/h5-12,18-19H,3-4,13H2,1-2H3. The maximum atomic E-state index is 6.09. The Labute approximate surface area is 131 Å². The minimum Gasteiger partial charge on any atom is -0.497 e. The molecule has 0 bridgehead atoms. The Morgan fingerprint density at radius 3 is 1.91 bits per heavy atom. The van der Waals surface area contributed by atoms with Crippen molar-refractivity contribution in [1.82, 2.24) is 0 Å². The van der Waals surface area contributed by atoms with Crippen LogP contribution in [0.2, 0.25) is 0 Å². The summed E-state index contributed by atoms with van der Waals surface area (Å²) in [5.41, 5.74) is 2.52. The Bertz CT molecular complexity index is 534. The Morgan fingerprint density at radius 2 is 1.36 bits per heavy atom. The zero-order chi connectivity index (χ0) is 15.4. The van der Waals surface area contributed by atoms with Gasteiger partial charge >= 0.3 is 0 Å². The zero-order valence-electron chi connectivity index (χ0n) is 13.1. The molecule has 2 unspecified atom stereocenters. The van der Waals surface area contributed by atoms with E-state index >= 15 is 0 Å². The van der Waals surface area contributed by atoms with E-state index in [-0.39, 0.29) is 6.10 Å². The Balaban J connectivity index is 1.86. The molecule has 2 aromatic rings. The van der Waals surface area contributed by atoms with Gasteiger partial charge in [-0.1, -0.05) is 24.3 Å². The van der Waals surface area contributed by atoms with E-state index in [0.29, 0.717) is 5.92 Å². The predicted octanol–water partition coefficient (Wildman–Crippen LogP) is 4.34. The lowest BCUT2D eigenvalue weighted by Gasteiger charge is -2.32. The van der Waals surface area contributed by atoms with E-state index in [1.165, 1.54) is 11.1 Å². The number of hydrogen-bond donors (Lipinski definition) is 0. The van der Waals surface area contributed by atoms with Crippen molar-refractivity contribution in [3.63, 3.8) is 0 Å². The molecule has 1 fully saturated rings.